The second-order valence-electron chi connectivity index (χ2n) is 6.02. The van der Waals surface area contributed by atoms with Crippen LogP contribution in [0, 0.1) is 12.1 Å². The highest BCUT2D eigenvalue weighted by molar-refractivity contribution is 5.90. The summed E-state index contributed by atoms with van der Waals surface area (Å²) in [6.07, 6.45) is 0.176. The van der Waals surface area contributed by atoms with Crippen LogP contribution in [0.4, 0.5) is 0 Å². The van der Waals surface area contributed by atoms with Gasteiger partial charge in [-0.1, -0.05) is 30.3 Å². The Hall–Kier alpha value is -3.35. The van der Waals surface area contributed by atoms with E-state index in [0.717, 1.165) is 0 Å². The molecule has 2 aromatic rings. The molecule has 2 radical (unpaired) electrons. The average molecular weight is 368 g/mol. The van der Waals surface area contributed by atoms with Crippen molar-refractivity contribution in [3.05, 3.63) is 65.7 Å². The van der Waals surface area contributed by atoms with E-state index in [4.69, 9.17) is 0 Å². The molecular weight excluding hydrogens is 348 g/mol. The quantitative estimate of drug-likeness (QED) is 0.551. The van der Waals surface area contributed by atoms with Gasteiger partial charge >= 0.3 is 5.97 Å². The topological polar surface area (TPSA) is 116 Å². The first-order valence-corrected chi connectivity index (χ1v) is 8.30. The first-order chi connectivity index (χ1) is 12.8. The van der Waals surface area contributed by atoms with Crippen LogP contribution in [-0.2, 0) is 27.2 Å². The Labute approximate surface area is 157 Å². The molecule has 0 aliphatic rings. The lowest BCUT2D eigenvalue weighted by Crippen LogP contribution is -2.52. The van der Waals surface area contributed by atoms with Crippen molar-refractivity contribution in [3.63, 3.8) is 0 Å². The Kier molecular flexibility index (Phi) is 6.93. The molecule has 2 atom stereocenters. The second-order valence-corrected chi connectivity index (χ2v) is 6.02. The fourth-order valence-electron chi connectivity index (χ4n) is 2.50. The fourth-order valence-corrected chi connectivity index (χ4v) is 2.50. The van der Waals surface area contributed by atoms with Gasteiger partial charge in [-0.25, -0.2) is 4.79 Å². The average Bonchev–Trinajstić information content (AvgIpc) is 2.62. The maximum absolute atomic E-state index is 12.6. The first-order valence-electron chi connectivity index (χ1n) is 8.30. The zero-order valence-corrected chi connectivity index (χ0v) is 14.7. The van der Waals surface area contributed by atoms with Gasteiger partial charge in [0.2, 0.25) is 11.8 Å². The number of phenolic OH excluding ortho intramolecular Hbond substituents is 1. The van der Waals surface area contributed by atoms with Gasteiger partial charge in [0.05, 0.1) is 0 Å². The van der Waals surface area contributed by atoms with Gasteiger partial charge in [0, 0.05) is 19.8 Å². The van der Waals surface area contributed by atoms with Crippen molar-refractivity contribution in [2.75, 3.05) is 0 Å². The molecule has 0 bridgehead atoms. The summed E-state index contributed by atoms with van der Waals surface area (Å²) in [5.74, 6) is -2.20. The summed E-state index contributed by atoms with van der Waals surface area (Å²) in [6.45, 7) is 1.29. The van der Waals surface area contributed by atoms with Crippen LogP contribution in [0.5, 0.6) is 5.75 Å². The summed E-state index contributed by atoms with van der Waals surface area (Å²) >= 11 is 0. The number of carboxylic acids is 1. The van der Waals surface area contributed by atoms with Gasteiger partial charge in [-0.05, 0) is 35.4 Å². The molecule has 2 amide bonds. The van der Waals surface area contributed by atoms with Crippen LogP contribution >= 0.6 is 0 Å². The van der Waals surface area contributed by atoms with E-state index in [2.05, 4.69) is 22.8 Å². The largest absolute Gasteiger partial charge is 0.508 e. The van der Waals surface area contributed by atoms with Crippen LogP contribution in [-0.4, -0.2) is 40.1 Å². The van der Waals surface area contributed by atoms with E-state index in [-0.39, 0.29) is 18.6 Å². The summed E-state index contributed by atoms with van der Waals surface area (Å²) in [5.41, 5.74) is 1.23. The molecule has 0 saturated heterocycles. The summed E-state index contributed by atoms with van der Waals surface area (Å²) < 4.78 is 0. The molecule has 0 saturated carbocycles. The number of benzene rings is 2. The molecule has 2 aromatic carbocycles. The Balaban J connectivity index is 2.10. The van der Waals surface area contributed by atoms with Crippen LogP contribution in [0.2, 0.25) is 0 Å². The Morgan fingerprint density at radius 3 is 2.26 bits per heavy atom. The molecule has 0 fully saturated rings. The van der Waals surface area contributed by atoms with Crippen molar-refractivity contribution in [3.8, 4) is 5.75 Å². The van der Waals surface area contributed by atoms with Crippen LogP contribution < -0.4 is 10.6 Å². The zero-order chi connectivity index (χ0) is 19.8. The summed E-state index contributed by atoms with van der Waals surface area (Å²) in [4.78, 5) is 35.6. The van der Waals surface area contributed by atoms with Crippen LogP contribution in [0.1, 0.15) is 18.1 Å². The maximum atomic E-state index is 12.6. The standard InChI is InChI=1S/C20H20N2O5/c1-13(23)21-17(11-14-5-3-2-4-6-14)19(25)22-18(20(26)27)12-15-7-9-16(24)10-8-15/h2-5,7,9-10,17-18,24H,11-12H2,1H3,(H,21,23)(H,22,25)(H,26,27). The van der Waals surface area contributed by atoms with Crippen molar-refractivity contribution < 1.29 is 24.6 Å². The second kappa shape index (κ2) is 9.38. The minimum atomic E-state index is -1.21. The van der Waals surface area contributed by atoms with Crippen LogP contribution in [0.15, 0.2) is 42.5 Å². The molecule has 0 spiro atoms. The van der Waals surface area contributed by atoms with E-state index in [1.807, 2.05) is 0 Å². The smallest absolute Gasteiger partial charge is 0.326 e. The fraction of sp³-hybridized carbons (Fsp3) is 0.250. The van der Waals surface area contributed by atoms with Gasteiger partial charge < -0.3 is 20.8 Å². The lowest BCUT2D eigenvalue weighted by atomic mass is 10.0. The van der Waals surface area contributed by atoms with Gasteiger partial charge in [0.1, 0.15) is 17.8 Å². The lowest BCUT2D eigenvalue weighted by Gasteiger charge is -2.21. The molecule has 0 aliphatic heterocycles. The number of carboxylic acid groups (broad SMARTS) is 1. The minimum Gasteiger partial charge on any atom is -0.508 e. The molecule has 7 nitrogen and oxygen atoms in total. The number of hydrogen-bond acceptors (Lipinski definition) is 4. The number of nitrogens with one attached hydrogen (secondary N) is 2. The molecule has 0 heterocycles. The number of carbonyl (C=O) groups excluding carboxylic acids is 2. The van der Waals surface area contributed by atoms with E-state index in [1.54, 1.807) is 24.3 Å². The number of hydrogen-bond donors (Lipinski definition) is 4. The molecule has 0 aromatic heterocycles. The SMILES string of the molecule is CC(=O)NC(Cc1[c]cccc1)C(=O)NC(Cc1[c]cc(O)cc1)C(=O)O. The van der Waals surface area contributed by atoms with Gasteiger partial charge in [-0.2, -0.15) is 0 Å². The molecular formula is C20H20N2O5. The van der Waals surface area contributed by atoms with Crippen molar-refractivity contribution in [1.29, 1.82) is 0 Å². The first kappa shape index (κ1) is 20.0. The van der Waals surface area contributed by atoms with Gasteiger partial charge in [0.15, 0.2) is 0 Å². The summed E-state index contributed by atoms with van der Waals surface area (Å²) in [7, 11) is 0. The monoisotopic (exact) mass is 368 g/mol. The van der Waals surface area contributed by atoms with E-state index in [0.29, 0.717) is 11.1 Å². The highest BCUT2D eigenvalue weighted by Crippen LogP contribution is 2.11. The van der Waals surface area contributed by atoms with Gasteiger partial charge in [-0.3, -0.25) is 9.59 Å². The van der Waals surface area contributed by atoms with E-state index >= 15 is 0 Å². The van der Waals surface area contributed by atoms with Crippen molar-refractivity contribution in [2.24, 2.45) is 0 Å². The normalized spacial score (nSPS) is 12.6. The highest BCUT2D eigenvalue weighted by Gasteiger charge is 2.26. The van der Waals surface area contributed by atoms with E-state index < -0.39 is 29.9 Å². The van der Waals surface area contributed by atoms with Gasteiger partial charge in [-0.15, -0.1) is 0 Å². The third-order valence-corrected chi connectivity index (χ3v) is 3.79. The van der Waals surface area contributed by atoms with E-state index in [1.165, 1.54) is 25.1 Å². The molecule has 2 rings (SSSR count). The van der Waals surface area contributed by atoms with Crippen molar-refractivity contribution in [2.45, 2.75) is 31.8 Å². The summed E-state index contributed by atoms with van der Waals surface area (Å²) in [5, 5.41) is 23.7. The molecule has 0 aliphatic carbocycles. The number of aliphatic carboxylic acids is 1. The van der Waals surface area contributed by atoms with E-state index in [9.17, 15) is 24.6 Å². The predicted octanol–water partition coefficient (Wildman–Crippen LogP) is 0.852. The van der Waals surface area contributed by atoms with Crippen LogP contribution in [0.25, 0.3) is 0 Å². The zero-order valence-electron chi connectivity index (χ0n) is 14.7. The Morgan fingerprint density at radius 2 is 1.70 bits per heavy atom. The third kappa shape index (κ3) is 6.47. The lowest BCUT2D eigenvalue weighted by molar-refractivity contribution is -0.142. The third-order valence-electron chi connectivity index (χ3n) is 3.79. The Bertz CT molecular complexity index is 790. The number of carbonyl (C=O) groups is 3. The number of phenols is 1. The maximum Gasteiger partial charge on any atom is 0.326 e. The number of rotatable bonds is 8. The Morgan fingerprint density at radius 1 is 1.00 bits per heavy atom. The molecule has 140 valence electrons. The van der Waals surface area contributed by atoms with Crippen molar-refractivity contribution >= 4 is 17.8 Å². The van der Waals surface area contributed by atoms with Crippen LogP contribution in [0.3, 0.4) is 0 Å². The number of aromatic hydroxyl groups is 1. The summed E-state index contributed by atoms with van der Waals surface area (Å²) in [6, 6.07) is 14.9. The molecule has 27 heavy (non-hydrogen) atoms. The van der Waals surface area contributed by atoms with Gasteiger partial charge in [0.25, 0.3) is 0 Å². The predicted molar refractivity (Wildman–Crippen MR) is 96.8 cm³/mol. The number of amides is 2. The highest BCUT2D eigenvalue weighted by atomic mass is 16.4. The minimum absolute atomic E-state index is 0.00833. The molecule has 2 unspecified atom stereocenters. The molecule has 7 heteroatoms. The van der Waals surface area contributed by atoms with Crippen molar-refractivity contribution in [1.82, 2.24) is 10.6 Å². The molecule has 4 N–H and O–H groups in total.